The van der Waals surface area contributed by atoms with Gasteiger partial charge in [0.2, 0.25) is 5.88 Å². The number of anilines is 1. The number of likely N-dealkylation sites (tertiary alicyclic amines) is 1. The highest BCUT2D eigenvalue weighted by atomic mass is 19.1. The van der Waals surface area contributed by atoms with E-state index < -0.39 is 0 Å². The minimum Gasteiger partial charge on any atom is -0.477 e. The van der Waals surface area contributed by atoms with Gasteiger partial charge in [0.05, 0.1) is 17.7 Å². The zero-order valence-electron chi connectivity index (χ0n) is 19.5. The minimum absolute atomic E-state index is 0.257. The maximum atomic E-state index is 13.8. The van der Waals surface area contributed by atoms with E-state index in [9.17, 15) is 4.39 Å². The van der Waals surface area contributed by atoms with Crippen LogP contribution < -0.4 is 9.64 Å². The number of rotatable bonds is 6. The standard InChI is InChI=1S/C26H32FN5O2/c27-20-7-9-24-23(14-20)26(29-34-24)32-13-12-31-15-19(6-8-22(31)17-32)18-33-25-5-3-4-21(28-25)16-30-10-1-2-11-30/h3-5,7,9,14,19,22H,1-2,6,8,10-13,15-18H2/t19-,22-/m1/s1. The van der Waals surface area contributed by atoms with Crippen molar-refractivity contribution in [1.29, 1.82) is 0 Å². The number of fused-ring (bicyclic) bond motifs is 2. The highest BCUT2D eigenvalue weighted by molar-refractivity contribution is 5.88. The van der Waals surface area contributed by atoms with E-state index in [0.29, 0.717) is 24.1 Å². The summed E-state index contributed by atoms with van der Waals surface area (Å²) >= 11 is 0. The molecule has 3 saturated heterocycles. The summed E-state index contributed by atoms with van der Waals surface area (Å²) in [7, 11) is 0. The van der Waals surface area contributed by atoms with Crippen LogP contribution in [-0.2, 0) is 6.54 Å². The van der Waals surface area contributed by atoms with Gasteiger partial charge in [-0.25, -0.2) is 9.37 Å². The summed E-state index contributed by atoms with van der Waals surface area (Å²) in [4.78, 5) is 12.0. The van der Waals surface area contributed by atoms with Crippen LogP contribution in [0.4, 0.5) is 10.2 Å². The average molecular weight is 466 g/mol. The second kappa shape index (κ2) is 9.50. The molecule has 0 aliphatic carbocycles. The van der Waals surface area contributed by atoms with Crippen molar-refractivity contribution in [3.8, 4) is 5.88 Å². The van der Waals surface area contributed by atoms with Gasteiger partial charge >= 0.3 is 0 Å². The number of hydrogen-bond acceptors (Lipinski definition) is 7. The van der Waals surface area contributed by atoms with E-state index in [4.69, 9.17) is 14.2 Å². The van der Waals surface area contributed by atoms with Crippen LogP contribution in [0.25, 0.3) is 11.0 Å². The highest BCUT2D eigenvalue weighted by Crippen LogP contribution is 2.31. The number of ether oxygens (including phenoxy) is 1. The van der Waals surface area contributed by atoms with Crippen LogP contribution in [0.15, 0.2) is 40.9 Å². The van der Waals surface area contributed by atoms with Crippen molar-refractivity contribution in [1.82, 2.24) is 19.9 Å². The molecule has 0 amide bonds. The molecule has 3 aromatic rings. The lowest BCUT2D eigenvalue weighted by molar-refractivity contribution is 0.0716. The van der Waals surface area contributed by atoms with Crippen molar-refractivity contribution in [3.63, 3.8) is 0 Å². The summed E-state index contributed by atoms with van der Waals surface area (Å²) in [5.74, 6) is 1.76. The first-order valence-electron chi connectivity index (χ1n) is 12.6. The maximum absolute atomic E-state index is 13.8. The molecule has 0 spiro atoms. The lowest BCUT2D eigenvalue weighted by Gasteiger charge is -2.46. The molecule has 0 N–H and O–H groups in total. The fourth-order valence-electron chi connectivity index (χ4n) is 5.71. The molecule has 5 heterocycles. The molecule has 2 aromatic heterocycles. The van der Waals surface area contributed by atoms with Gasteiger partial charge in [-0.05, 0) is 63.0 Å². The van der Waals surface area contributed by atoms with Crippen molar-refractivity contribution < 1.29 is 13.7 Å². The molecule has 180 valence electrons. The Morgan fingerprint density at radius 1 is 1.03 bits per heavy atom. The first-order valence-corrected chi connectivity index (χ1v) is 12.6. The quantitative estimate of drug-likeness (QED) is 0.547. The number of nitrogens with zero attached hydrogens (tertiary/aromatic N) is 5. The van der Waals surface area contributed by atoms with Crippen molar-refractivity contribution >= 4 is 16.8 Å². The van der Waals surface area contributed by atoms with Gasteiger partial charge < -0.3 is 14.2 Å². The number of hydrogen-bond donors (Lipinski definition) is 0. The van der Waals surface area contributed by atoms with Crippen LogP contribution in [0, 0.1) is 11.7 Å². The molecular weight excluding hydrogens is 433 g/mol. The predicted octanol–water partition coefficient (Wildman–Crippen LogP) is 3.94. The zero-order chi connectivity index (χ0) is 22.9. The number of piperidine rings is 1. The summed E-state index contributed by atoms with van der Waals surface area (Å²) in [6.45, 7) is 7.74. The third-order valence-corrected chi connectivity index (χ3v) is 7.55. The lowest BCUT2D eigenvalue weighted by Crippen LogP contribution is -2.57. The molecular formula is C26H32FN5O2. The fourth-order valence-corrected chi connectivity index (χ4v) is 5.71. The molecule has 7 nitrogen and oxygen atoms in total. The maximum Gasteiger partial charge on any atom is 0.213 e. The number of pyridine rings is 1. The van der Waals surface area contributed by atoms with E-state index in [1.54, 1.807) is 6.07 Å². The van der Waals surface area contributed by atoms with Gasteiger partial charge in [0, 0.05) is 50.7 Å². The number of benzene rings is 1. The molecule has 34 heavy (non-hydrogen) atoms. The molecule has 0 bridgehead atoms. The van der Waals surface area contributed by atoms with Gasteiger partial charge in [-0.1, -0.05) is 11.2 Å². The first-order chi connectivity index (χ1) is 16.7. The van der Waals surface area contributed by atoms with Crippen molar-refractivity contribution in [2.24, 2.45) is 5.92 Å². The van der Waals surface area contributed by atoms with Crippen LogP contribution >= 0.6 is 0 Å². The Morgan fingerprint density at radius 2 is 1.94 bits per heavy atom. The van der Waals surface area contributed by atoms with Gasteiger partial charge in [0.1, 0.15) is 5.82 Å². The van der Waals surface area contributed by atoms with Gasteiger partial charge in [-0.15, -0.1) is 0 Å². The van der Waals surface area contributed by atoms with E-state index in [1.165, 1.54) is 38.1 Å². The molecule has 0 unspecified atom stereocenters. The largest absolute Gasteiger partial charge is 0.477 e. The van der Waals surface area contributed by atoms with Crippen LogP contribution in [0.3, 0.4) is 0 Å². The summed E-state index contributed by atoms with van der Waals surface area (Å²) in [6.07, 6.45) is 4.84. The molecule has 0 saturated carbocycles. The normalized spacial score (nSPS) is 24.0. The predicted molar refractivity (Wildman–Crippen MR) is 129 cm³/mol. The van der Waals surface area contributed by atoms with E-state index >= 15 is 0 Å². The highest BCUT2D eigenvalue weighted by Gasteiger charge is 2.34. The van der Waals surface area contributed by atoms with Crippen LogP contribution in [0.2, 0.25) is 0 Å². The average Bonchev–Trinajstić information content (AvgIpc) is 3.52. The Morgan fingerprint density at radius 3 is 2.85 bits per heavy atom. The summed E-state index contributed by atoms with van der Waals surface area (Å²) in [5, 5.41) is 5.01. The number of aromatic nitrogens is 2. The third-order valence-electron chi connectivity index (χ3n) is 7.55. The molecule has 2 atom stereocenters. The van der Waals surface area contributed by atoms with E-state index in [1.807, 2.05) is 6.07 Å². The summed E-state index contributed by atoms with van der Waals surface area (Å²) in [5.41, 5.74) is 1.73. The van der Waals surface area contributed by atoms with Crippen molar-refractivity contribution in [2.45, 2.75) is 38.3 Å². The van der Waals surface area contributed by atoms with Crippen molar-refractivity contribution in [2.75, 3.05) is 50.8 Å². The fraction of sp³-hybridized carbons (Fsp3) is 0.538. The second-order valence-corrected chi connectivity index (χ2v) is 9.95. The first kappa shape index (κ1) is 21.8. The smallest absolute Gasteiger partial charge is 0.213 e. The molecule has 3 aliphatic heterocycles. The zero-order valence-corrected chi connectivity index (χ0v) is 19.5. The van der Waals surface area contributed by atoms with Gasteiger partial charge in [-0.3, -0.25) is 9.80 Å². The van der Waals surface area contributed by atoms with E-state index in [2.05, 4.69) is 32.0 Å². The molecule has 8 heteroatoms. The number of halogens is 1. The van der Waals surface area contributed by atoms with Crippen LogP contribution in [0.5, 0.6) is 5.88 Å². The summed E-state index contributed by atoms with van der Waals surface area (Å²) < 4.78 is 25.3. The van der Waals surface area contributed by atoms with Gasteiger partial charge in [0.15, 0.2) is 11.4 Å². The van der Waals surface area contributed by atoms with Gasteiger partial charge in [-0.2, -0.15) is 0 Å². The topological polar surface area (TPSA) is 57.9 Å². The van der Waals surface area contributed by atoms with Crippen LogP contribution in [-0.4, -0.2) is 71.9 Å². The Labute approximate surface area is 199 Å². The summed E-state index contributed by atoms with van der Waals surface area (Å²) in [6, 6.07) is 11.2. The molecule has 3 aliphatic rings. The Balaban J connectivity index is 1.03. The van der Waals surface area contributed by atoms with E-state index in [-0.39, 0.29) is 5.82 Å². The minimum atomic E-state index is -0.257. The SMILES string of the molecule is Fc1ccc2onc(N3CCN4C[C@H](COc5cccc(CN6CCCC6)n5)CC[C@@H]4C3)c2c1. The number of piperazine rings is 1. The molecule has 3 fully saturated rings. The van der Waals surface area contributed by atoms with Gasteiger partial charge in [0.25, 0.3) is 0 Å². The Kier molecular flexibility index (Phi) is 6.09. The Bertz CT molecular complexity index is 1130. The lowest BCUT2D eigenvalue weighted by atomic mass is 9.91. The third kappa shape index (κ3) is 4.61. The monoisotopic (exact) mass is 465 g/mol. The molecule has 1 aromatic carbocycles. The van der Waals surface area contributed by atoms with Crippen LogP contribution in [0.1, 0.15) is 31.4 Å². The molecule has 6 rings (SSSR count). The van der Waals surface area contributed by atoms with Crippen molar-refractivity contribution in [3.05, 3.63) is 47.9 Å². The Hall–Kier alpha value is -2.71. The second-order valence-electron chi connectivity index (χ2n) is 9.95. The molecule has 0 radical (unpaired) electrons. The van der Waals surface area contributed by atoms with E-state index in [0.717, 1.165) is 68.3 Å².